The molecule has 0 saturated heterocycles. The Kier molecular flexibility index (Phi) is 7.61. The van der Waals surface area contributed by atoms with Crippen molar-refractivity contribution in [3.05, 3.63) is 91.9 Å². The van der Waals surface area contributed by atoms with Gasteiger partial charge in [0.2, 0.25) is 5.91 Å². The molecule has 35 heavy (non-hydrogen) atoms. The normalized spacial score (nSPS) is 18.1. The van der Waals surface area contributed by atoms with Crippen LogP contribution in [0.5, 0.6) is 0 Å². The quantitative estimate of drug-likeness (QED) is 0.293. The monoisotopic (exact) mass is 568 g/mol. The average Bonchev–Trinajstić information content (AvgIpc) is 3.37. The maximum Gasteiger partial charge on any atom is 0.257 e. The van der Waals surface area contributed by atoms with E-state index in [0.29, 0.717) is 21.3 Å². The molecule has 2 atom stereocenters. The number of benzene rings is 3. The van der Waals surface area contributed by atoms with Crippen LogP contribution in [0.25, 0.3) is 0 Å². The summed E-state index contributed by atoms with van der Waals surface area (Å²) in [5, 5.41) is 6.86. The van der Waals surface area contributed by atoms with E-state index >= 15 is 0 Å². The summed E-state index contributed by atoms with van der Waals surface area (Å²) >= 11 is 31.4. The fourth-order valence-corrected chi connectivity index (χ4v) is 5.78. The Bertz CT molecular complexity index is 1300. The third kappa shape index (κ3) is 5.42. The van der Waals surface area contributed by atoms with Gasteiger partial charge in [-0.15, -0.1) is 23.2 Å². The van der Waals surface area contributed by atoms with Crippen molar-refractivity contribution in [2.24, 2.45) is 5.92 Å². The third-order valence-electron chi connectivity index (χ3n) is 6.04. The number of hydrogen-bond acceptors (Lipinski definition) is 2. The molecule has 0 heterocycles. The Morgan fingerprint density at radius 2 is 1.63 bits per heavy atom. The summed E-state index contributed by atoms with van der Waals surface area (Å²) < 4.78 is -1.31. The molecule has 0 radical (unpaired) electrons. The minimum Gasteiger partial charge on any atom is -0.326 e. The molecule has 1 aliphatic rings. The maximum absolute atomic E-state index is 13.1. The van der Waals surface area contributed by atoms with Crippen LogP contribution >= 0.6 is 58.0 Å². The number of halogens is 5. The first kappa shape index (κ1) is 26.1. The predicted octanol–water partition coefficient (Wildman–Crippen LogP) is 8.30. The first-order valence-corrected chi connectivity index (χ1v) is 12.8. The van der Waals surface area contributed by atoms with Crippen molar-refractivity contribution in [2.75, 3.05) is 10.6 Å². The van der Waals surface area contributed by atoms with Gasteiger partial charge >= 0.3 is 0 Å². The fraction of sp³-hybridized carbons (Fsp3) is 0.231. The summed E-state index contributed by atoms with van der Waals surface area (Å²) in [7, 11) is 0. The van der Waals surface area contributed by atoms with Gasteiger partial charge < -0.3 is 10.6 Å². The van der Waals surface area contributed by atoms with E-state index in [-0.39, 0.29) is 16.5 Å². The van der Waals surface area contributed by atoms with E-state index in [0.717, 1.165) is 23.2 Å². The number of aryl methyl sites for hydroxylation is 2. The van der Waals surface area contributed by atoms with Gasteiger partial charge in [-0.25, -0.2) is 0 Å². The molecule has 0 aliphatic heterocycles. The Morgan fingerprint density at radius 3 is 2.29 bits per heavy atom. The molecular weight excluding hydrogens is 550 g/mol. The van der Waals surface area contributed by atoms with Gasteiger partial charge in [-0.3, -0.25) is 9.59 Å². The average molecular weight is 571 g/mol. The summed E-state index contributed by atoms with van der Waals surface area (Å²) in [6.07, 6.45) is 0.764. The number of rotatable bonds is 6. The van der Waals surface area contributed by atoms with E-state index in [1.165, 1.54) is 6.07 Å². The summed E-state index contributed by atoms with van der Waals surface area (Å²) in [4.78, 5) is 26.1. The largest absolute Gasteiger partial charge is 0.326 e. The van der Waals surface area contributed by atoms with Crippen molar-refractivity contribution in [1.82, 2.24) is 0 Å². The molecule has 182 valence electrons. The molecule has 0 bridgehead atoms. The van der Waals surface area contributed by atoms with E-state index in [1.54, 1.807) is 30.3 Å². The number of amides is 2. The zero-order chi connectivity index (χ0) is 25.5. The molecule has 1 aliphatic carbocycles. The molecule has 9 heteroatoms. The molecule has 3 aromatic carbocycles. The number of alkyl halides is 2. The second kappa shape index (κ2) is 10.2. The van der Waals surface area contributed by atoms with E-state index in [2.05, 4.69) is 10.6 Å². The minimum atomic E-state index is -1.31. The van der Waals surface area contributed by atoms with Crippen LogP contribution in [0.2, 0.25) is 15.1 Å². The highest BCUT2D eigenvalue weighted by molar-refractivity contribution is 6.53. The number of para-hydroxylation sites is 1. The lowest BCUT2D eigenvalue weighted by molar-refractivity contribution is -0.117. The van der Waals surface area contributed by atoms with Crippen LogP contribution in [0.15, 0.2) is 54.6 Å². The SMILES string of the molecule is CCc1cccc(C)c1NC(=O)c1cc(NC(=O)[C@@H]2[C@@H](c3cc(Cl)cc(Cl)c3)C2(Cl)Cl)ccc1Cl. The zero-order valence-corrected chi connectivity index (χ0v) is 22.5. The Morgan fingerprint density at radius 1 is 0.943 bits per heavy atom. The fourth-order valence-electron chi connectivity index (χ4n) is 4.20. The van der Waals surface area contributed by atoms with E-state index in [9.17, 15) is 9.59 Å². The molecule has 3 aromatic rings. The highest BCUT2D eigenvalue weighted by atomic mass is 35.5. The maximum atomic E-state index is 13.1. The first-order chi connectivity index (χ1) is 16.5. The van der Waals surface area contributed by atoms with Crippen LogP contribution in [-0.2, 0) is 11.2 Å². The Labute approximate surface area is 228 Å². The van der Waals surface area contributed by atoms with Gasteiger partial charge in [0, 0.05) is 27.3 Å². The van der Waals surface area contributed by atoms with Gasteiger partial charge in [-0.1, -0.05) is 59.9 Å². The Hall–Kier alpha value is -1.95. The number of carbonyl (C=O) groups excluding carboxylic acids is 2. The smallest absolute Gasteiger partial charge is 0.257 e. The molecule has 2 N–H and O–H groups in total. The predicted molar refractivity (Wildman–Crippen MR) is 146 cm³/mol. The highest BCUT2D eigenvalue weighted by Crippen LogP contribution is 2.65. The van der Waals surface area contributed by atoms with Crippen molar-refractivity contribution in [1.29, 1.82) is 0 Å². The number of nitrogens with one attached hydrogen (secondary N) is 2. The summed E-state index contributed by atoms with van der Waals surface area (Å²) in [6.45, 7) is 3.95. The van der Waals surface area contributed by atoms with Crippen LogP contribution in [0.3, 0.4) is 0 Å². The third-order valence-corrected chi connectivity index (χ3v) is 7.74. The summed E-state index contributed by atoms with van der Waals surface area (Å²) in [6, 6.07) is 15.5. The highest BCUT2D eigenvalue weighted by Gasteiger charge is 2.67. The second-order valence-corrected chi connectivity index (χ2v) is 11.2. The first-order valence-electron chi connectivity index (χ1n) is 10.9. The summed E-state index contributed by atoms with van der Waals surface area (Å²) in [5.41, 5.74) is 4.00. The topological polar surface area (TPSA) is 58.2 Å². The standard InChI is InChI=1S/C26H21Cl5N2O2/c1-3-14-6-4-5-13(2)23(14)33-24(34)19-12-18(7-8-20(19)29)32-25(35)22-21(26(22,30)31)15-9-16(27)11-17(28)10-15/h4-12,21-22H,3H2,1-2H3,(H,32,35)(H,33,34)/t21-,22+/m1/s1. The zero-order valence-electron chi connectivity index (χ0n) is 18.8. The van der Waals surface area contributed by atoms with Gasteiger partial charge in [0.05, 0.1) is 16.5 Å². The van der Waals surface area contributed by atoms with Crippen LogP contribution in [-0.4, -0.2) is 16.1 Å². The molecular formula is C26H21Cl5N2O2. The number of carbonyl (C=O) groups is 2. The molecule has 4 rings (SSSR count). The van der Waals surface area contributed by atoms with Crippen molar-refractivity contribution in [3.63, 3.8) is 0 Å². The lowest BCUT2D eigenvalue weighted by atomic mass is 10.1. The lowest BCUT2D eigenvalue weighted by Crippen LogP contribution is -2.18. The van der Waals surface area contributed by atoms with E-state index in [1.807, 2.05) is 32.0 Å². The molecule has 4 nitrogen and oxygen atoms in total. The van der Waals surface area contributed by atoms with Gasteiger partial charge in [-0.2, -0.15) is 0 Å². The second-order valence-electron chi connectivity index (χ2n) is 8.43. The van der Waals surface area contributed by atoms with E-state index < -0.39 is 22.1 Å². The van der Waals surface area contributed by atoms with Crippen LogP contribution in [0.1, 0.15) is 39.9 Å². The van der Waals surface area contributed by atoms with Gasteiger partial charge in [0.1, 0.15) is 4.33 Å². The molecule has 1 fully saturated rings. The van der Waals surface area contributed by atoms with Crippen molar-refractivity contribution in [3.8, 4) is 0 Å². The van der Waals surface area contributed by atoms with Crippen LogP contribution in [0.4, 0.5) is 11.4 Å². The number of hydrogen-bond donors (Lipinski definition) is 2. The van der Waals surface area contributed by atoms with Crippen LogP contribution in [0, 0.1) is 12.8 Å². The van der Waals surface area contributed by atoms with E-state index in [4.69, 9.17) is 58.0 Å². The minimum absolute atomic E-state index is 0.228. The van der Waals surface area contributed by atoms with Crippen molar-refractivity contribution >= 4 is 81.2 Å². The van der Waals surface area contributed by atoms with Gasteiger partial charge in [-0.05, 0) is 66.4 Å². The van der Waals surface area contributed by atoms with Gasteiger partial charge in [0.15, 0.2) is 0 Å². The molecule has 1 saturated carbocycles. The Balaban J connectivity index is 1.53. The van der Waals surface area contributed by atoms with Crippen molar-refractivity contribution < 1.29 is 9.59 Å². The van der Waals surface area contributed by atoms with Crippen molar-refractivity contribution in [2.45, 2.75) is 30.5 Å². The number of anilines is 2. The lowest BCUT2D eigenvalue weighted by Gasteiger charge is -2.14. The summed E-state index contributed by atoms with van der Waals surface area (Å²) in [5.74, 6) is -1.98. The molecule has 0 spiro atoms. The molecule has 0 unspecified atom stereocenters. The molecule has 0 aromatic heterocycles. The van der Waals surface area contributed by atoms with Gasteiger partial charge in [0.25, 0.3) is 5.91 Å². The molecule has 2 amide bonds. The van der Waals surface area contributed by atoms with Crippen LogP contribution < -0.4 is 10.6 Å².